The lowest BCUT2D eigenvalue weighted by atomic mass is 9.85. The molecule has 3 aliphatic heterocycles. The summed E-state index contributed by atoms with van der Waals surface area (Å²) in [5.74, 6) is -1.41. The zero-order valence-electron chi connectivity index (χ0n) is 14.8. The molecule has 0 unspecified atom stereocenters. The number of rotatable bonds is 4. The number of phenols is 1. The molecule has 0 aliphatic carbocycles. The van der Waals surface area contributed by atoms with Crippen LogP contribution in [0.15, 0.2) is 47.6 Å². The van der Waals surface area contributed by atoms with E-state index < -0.39 is 23.5 Å². The second-order valence-corrected chi connectivity index (χ2v) is 6.64. The van der Waals surface area contributed by atoms with Crippen LogP contribution in [0.25, 0.3) is 0 Å². The lowest BCUT2D eigenvalue weighted by Crippen LogP contribution is -2.55. The Hall–Kier alpha value is -3.13. The molecule has 2 amide bonds. The number of phenolic OH excluding ortho intramolecular Hbond substituents is 1. The molecule has 1 spiro atoms. The number of methoxy groups -OCH3 is 1. The number of aromatic hydroxyl groups is 1. The summed E-state index contributed by atoms with van der Waals surface area (Å²) in [5.41, 5.74) is 0.473. The summed E-state index contributed by atoms with van der Waals surface area (Å²) in [7, 11) is 1.23. The van der Waals surface area contributed by atoms with Gasteiger partial charge < -0.3 is 19.9 Å². The first kappa shape index (κ1) is 17.3. The minimum absolute atomic E-state index is 0.0444. The van der Waals surface area contributed by atoms with E-state index in [1.54, 1.807) is 18.2 Å². The van der Waals surface area contributed by atoms with Crippen molar-refractivity contribution in [2.24, 2.45) is 0 Å². The predicted octanol–water partition coefficient (Wildman–Crippen LogP) is 0.420. The van der Waals surface area contributed by atoms with Crippen LogP contribution in [-0.4, -0.2) is 54.3 Å². The number of carbonyl (C=O) groups is 3. The number of carbonyl (C=O) groups excluding carboxylic acids is 3. The second kappa shape index (κ2) is 5.95. The topological polar surface area (TPSA) is 105 Å². The Balaban J connectivity index is 1.77. The molecule has 1 aromatic rings. The molecule has 2 N–H and O–H groups in total. The first-order chi connectivity index (χ1) is 12.9. The van der Waals surface area contributed by atoms with Crippen LogP contribution in [0.4, 0.5) is 5.69 Å². The van der Waals surface area contributed by atoms with Gasteiger partial charge in [-0.15, -0.1) is 0 Å². The molecule has 8 heteroatoms. The van der Waals surface area contributed by atoms with Gasteiger partial charge in [-0.2, -0.15) is 0 Å². The maximum Gasteiger partial charge on any atom is 0.325 e. The van der Waals surface area contributed by atoms with Gasteiger partial charge in [0.15, 0.2) is 6.04 Å². The Morgan fingerprint density at radius 1 is 1.33 bits per heavy atom. The Morgan fingerprint density at radius 2 is 2.04 bits per heavy atom. The van der Waals surface area contributed by atoms with E-state index in [0.29, 0.717) is 11.3 Å². The zero-order valence-corrected chi connectivity index (χ0v) is 14.8. The largest absolute Gasteiger partial charge is 0.508 e. The van der Waals surface area contributed by atoms with Gasteiger partial charge in [-0.05, 0) is 42.8 Å². The van der Waals surface area contributed by atoms with Crippen LogP contribution in [-0.2, 0) is 23.9 Å². The van der Waals surface area contributed by atoms with E-state index in [1.165, 1.54) is 24.1 Å². The number of benzene rings is 1. The van der Waals surface area contributed by atoms with Gasteiger partial charge in [0.25, 0.3) is 5.91 Å². The minimum Gasteiger partial charge on any atom is -0.508 e. The summed E-state index contributed by atoms with van der Waals surface area (Å²) in [5, 5.41) is 12.1. The number of hydrogen-bond acceptors (Lipinski definition) is 6. The molecule has 1 saturated heterocycles. The van der Waals surface area contributed by atoms with Crippen LogP contribution in [0.2, 0.25) is 0 Å². The normalized spacial score (nSPS) is 27.9. The molecule has 1 fully saturated rings. The van der Waals surface area contributed by atoms with Gasteiger partial charge in [-0.25, -0.2) is 0 Å². The van der Waals surface area contributed by atoms with Gasteiger partial charge in [0.1, 0.15) is 17.9 Å². The minimum atomic E-state index is -1.19. The number of ether oxygens (including phenoxy) is 2. The molecule has 27 heavy (non-hydrogen) atoms. The Labute approximate surface area is 155 Å². The van der Waals surface area contributed by atoms with E-state index >= 15 is 0 Å². The van der Waals surface area contributed by atoms with Crippen LogP contribution in [0.1, 0.15) is 6.92 Å². The molecule has 8 nitrogen and oxygen atoms in total. The van der Waals surface area contributed by atoms with Crippen LogP contribution in [0, 0.1) is 0 Å². The molecule has 0 aromatic heterocycles. The van der Waals surface area contributed by atoms with Gasteiger partial charge in [0.2, 0.25) is 5.91 Å². The van der Waals surface area contributed by atoms with E-state index in [9.17, 15) is 19.5 Å². The van der Waals surface area contributed by atoms with Crippen LogP contribution < -0.4 is 10.2 Å². The summed E-state index contributed by atoms with van der Waals surface area (Å²) in [6, 6.07) is 4.96. The van der Waals surface area contributed by atoms with Crippen LogP contribution in [0.5, 0.6) is 5.75 Å². The van der Waals surface area contributed by atoms with Crippen LogP contribution >= 0.6 is 0 Å². The smallest absolute Gasteiger partial charge is 0.325 e. The maximum atomic E-state index is 13.2. The first-order valence-corrected chi connectivity index (χ1v) is 8.44. The molecule has 0 radical (unpaired) electrons. The van der Waals surface area contributed by atoms with Crippen molar-refractivity contribution < 1.29 is 29.0 Å². The molecular weight excluding hydrogens is 352 g/mol. The number of fused-ring (bicyclic) bond motifs is 1. The molecule has 3 atom stereocenters. The molecule has 4 rings (SSSR count). The van der Waals surface area contributed by atoms with Gasteiger partial charge in [-0.3, -0.25) is 19.3 Å². The highest BCUT2D eigenvalue weighted by atomic mass is 16.5. The SMILES string of the molecule is COC(=O)CNC(=O)[C@@H]1N(c2ccc(O)cc2)C(=O)C2=C(C)[C@H]3C=C[C@]21O3. The third kappa shape index (κ3) is 2.37. The van der Waals surface area contributed by atoms with Gasteiger partial charge in [0, 0.05) is 5.69 Å². The number of esters is 1. The highest BCUT2D eigenvalue weighted by molar-refractivity contribution is 6.18. The van der Waals surface area contributed by atoms with Crippen molar-refractivity contribution in [3.05, 3.63) is 47.6 Å². The third-order valence-corrected chi connectivity index (χ3v) is 5.16. The molecule has 2 bridgehead atoms. The number of nitrogens with one attached hydrogen (secondary N) is 1. The van der Waals surface area contributed by atoms with Gasteiger partial charge in [-0.1, -0.05) is 6.08 Å². The van der Waals surface area contributed by atoms with Crippen molar-refractivity contribution in [3.8, 4) is 5.75 Å². The highest BCUT2D eigenvalue weighted by Crippen LogP contribution is 2.52. The fraction of sp³-hybridized carbons (Fsp3) is 0.316. The fourth-order valence-electron chi connectivity index (χ4n) is 3.92. The lowest BCUT2D eigenvalue weighted by Gasteiger charge is -2.31. The summed E-state index contributed by atoms with van der Waals surface area (Å²) in [6.07, 6.45) is 3.23. The van der Waals surface area contributed by atoms with Crippen LogP contribution in [0.3, 0.4) is 0 Å². The maximum absolute atomic E-state index is 13.2. The van der Waals surface area contributed by atoms with E-state index in [0.717, 1.165) is 5.57 Å². The average Bonchev–Trinajstić information content (AvgIpc) is 3.28. The third-order valence-electron chi connectivity index (χ3n) is 5.16. The Kier molecular flexibility index (Phi) is 3.81. The molecule has 0 saturated carbocycles. The Morgan fingerprint density at radius 3 is 2.70 bits per heavy atom. The van der Waals surface area contributed by atoms with E-state index in [1.807, 2.05) is 13.0 Å². The van der Waals surface area contributed by atoms with Crippen molar-refractivity contribution in [2.75, 3.05) is 18.6 Å². The highest BCUT2D eigenvalue weighted by Gasteiger charge is 2.65. The molecule has 140 valence electrons. The van der Waals surface area contributed by atoms with Crippen molar-refractivity contribution >= 4 is 23.5 Å². The summed E-state index contributed by atoms with van der Waals surface area (Å²) >= 11 is 0. The second-order valence-electron chi connectivity index (χ2n) is 6.64. The summed E-state index contributed by atoms with van der Waals surface area (Å²) < 4.78 is 10.6. The van der Waals surface area contributed by atoms with Gasteiger partial charge >= 0.3 is 5.97 Å². The van der Waals surface area contributed by atoms with Crippen molar-refractivity contribution in [1.82, 2.24) is 5.32 Å². The molecule has 1 aromatic carbocycles. The fourth-order valence-corrected chi connectivity index (χ4v) is 3.92. The first-order valence-electron chi connectivity index (χ1n) is 8.44. The van der Waals surface area contributed by atoms with E-state index in [2.05, 4.69) is 10.1 Å². The molecule has 3 aliphatic rings. The molecular formula is C19H18N2O6. The number of amides is 2. The number of nitrogens with zero attached hydrogens (tertiary/aromatic N) is 1. The average molecular weight is 370 g/mol. The Bertz CT molecular complexity index is 903. The monoisotopic (exact) mass is 370 g/mol. The lowest BCUT2D eigenvalue weighted by molar-refractivity contribution is -0.141. The van der Waals surface area contributed by atoms with Crippen molar-refractivity contribution in [1.29, 1.82) is 0 Å². The standard InChI is InChI=1S/C19H18N2O6/c1-10-13-7-8-19(27-13)15(10)18(25)21(11-3-5-12(22)6-4-11)16(19)17(24)20-9-14(23)26-2/h3-8,13,16,22H,9H2,1-2H3,(H,20,24)/t13-,16+,19+/m1/s1. The van der Waals surface area contributed by atoms with E-state index in [4.69, 9.17) is 4.74 Å². The summed E-state index contributed by atoms with van der Waals surface area (Å²) in [6.45, 7) is 1.50. The van der Waals surface area contributed by atoms with Crippen molar-refractivity contribution in [2.45, 2.75) is 24.7 Å². The zero-order chi connectivity index (χ0) is 19.3. The van der Waals surface area contributed by atoms with E-state index in [-0.39, 0.29) is 24.3 Å². The summed E-state index contributed by atoms with van der Waals surface area (Å²) in [4.78, 5) is 39.0. The van der Waals surface area contributed by atoms with Crippen molar-refractivity contribution in [3.63, 3.8) is 0 Å². The number of anilines is 1. The number of hydrogen-bond donors (Lipinski definition) is 2. The quantitative estimate of drug-likeness (QED) is 0.588. The van der Waals surface area contributed by atoms with Gasteiger partial charge in [0.05, 0.1) is 18.8 Å². The predicted molar refractivity (Wildman–Crippen MR) is 93.9 cm³/mol. The molecule has 3 heterocycles.